The van der Waals surface area contributed by atoms with Crippen LogP contribution in [0.4, 0.5) is 0 Å². The summed E-state index contributed by atoms with van der Waals surface area (Å²) in [6.45, 7) is 6.05. The second-order valence-corrected chi connectivity index (χ2v) is 4.34. The smallest absolute Gasteiger partial charge is 0.233 e. The Morgan fingerprint density at radius 2 is 2.12 bits per heavy atom. The minimum Gasteiger partial charge on any atom is -0.473 e. The van der Waals surface area contributed by atoms with Crippen LogP contribution in [-0.4, -0.2) is 16.9 Å². The average Bonchev–Trinajstić information content (AvgIpc) is 2.20. The number of nitrogens with one attached hydrogen (secondary N) is 1. The summed E-state index contributed by atoms with van der Waals surface area (Å²) in [4.78, 5) is 4.04. The molecular weight excluding hydrogens is 226 g/mol. The van der Waals surface area contributed by atoms with E-state index in [0.29, 0.717) is 22.4 Å². The highest BCUT2D eigenvalue weighted by molar-refractivity contribution is 6.35. The third-order valence-corrected chi connectivity index (χ3v) is 2.75. The van der Waals surface area contributed by atoms with Crippen molar-refractivity contribution in [3.63, 3.8) is 0 Å². The number of halogens is 1. The molecule has 1 heterocycles. The Hall–Kier alpha value is -1.29. The average molecular weight is 242 g/mol. The van der Waals surface area contributed by atoms with Gasteiger partial charge in [0.2, 0.25) is 5.88 Å². The second kappa shape index (κ2) is 5.16. The number of aromatic nitrogens is 1. The van der Waals surface area contributed by atoms with Crippen LogP contribution in [0.2, 0.25) is 5.02 Å². The van der Waals surface area contributed by atoms with Crippen molar-refractivity contribution in [1.82, 2.24) is 4.98 Å². The van der Waals surface area contributed by atoms with E-state index in [4.69, 9.17) is 27.5 Å². The summed E-state index contributed by atoms with van der Waals surface area (Å²) in [5, 5.41) is 7.64. The first-order chi connectivity index (χ1) is 7.43. The summed E-state index contributed by atoms with van der Waals surface area (Å²) in [6.07, 6.45) is 1.54. The topological polar surface area (TPSA) is 72.0 Å². The number of ether oxygens (including phenoxy) is 1. The molecule has 0 saturated heterocycles. The quantitative estimate of drug-likeness (QED) is 0.628. The maximum Gasteiger partial charge on any atom is 0.233 e. The van der Waals surface area contributed by atoms with Gasteiger partial charge in [0.1, 0.15) is 10.9 Å². The summed E-state index contributed by atoms with van der Waals surface area (Å²) < 4.78 is 5.60. The molecule has 1 unspecified atom stereocenters. The van der Waals surface area contributed by atoms with Crippen LogP contribution in [0.3, 0.4) is 0 Å². The van der Waals surface area contributed by atoms with Crippen LogP contribution in [0, 0.1) is 11.3 Å². The molecule has 0 spiro atoms. The zero-order valence-electron chi connectivity index (χ0n) is 9.62. The normalized spacial score (nSPS) is 12.6. The van der Waals surface area contributed by atoms with Crippen LogP contribution in [0.25, 0.3) is 0 Å². The highest BCUT2D eigenvalue weighted by Crippen LogP contribution is 2.26. The van der Waals surface area contributed by atoms with Gasteiger partial charge < -0.3 is 10.5 Å². The Morgan fingerprint density at radius 1 is 1.50 bits per heavy atom. The Bertz CT molecular complexity index is 393. The van der Waals surface area contributed by atoms with E-state index in [0.717, 1.165) is 0 Å². The molecule has 0 aliphatic carbocycles. The van der Waals surface area contributed by atoms with Gasteiger partial charge in [0.25, 0.3) is 0 Å². The molecule has 5 heteroatoms. The molecular formula is C11H16ClN3O. The van der Waals surface area contributed by atoms with Gasteiger partial charge in [-0.2, -0.15) is 0 Å². The van der Waals surface area contributed by atoms with Crippen molar-refractivity contribution in [1.29, 1.82) is 5.41 Å². The van der Waals surface area contributed by atoms with Gasteiger partial charge in [0.15, 0.2) is 0 Å². The van der Waals surface area contributed by atoms with Crippen molar-refractivity contribution in [2.24, 2.45) is 11.7 Å². The van der Waals surface area contributed by atoms with E-state index in [2.05, 4.69) is 4.98 Å². The first-order valence-corrected chi connectivity index (χ1v) is 5.46. The van der Waals surface area contributed by atoms with Gasteiger partial charge in [0.05, 0.1) is 6.10 Å². The van der Waals surface area contributed by atoms with Gasteiger partial charge in [-0.05, 0) is 18.9 Å². The SMILES string of the molecule is CC(C)C(C)Oc1nccc(C(=N)N)c1Cl. The first-order valence-electron chi connectivity index (χ1n) is 5.09. The lowest BCUT2D eigenvalue weighted by Gasteiger charge is -2.18. The van der Waals surface area contributed by atoms with Gasteiger partial charge in [-0.3, -0.25) is 5.41 Å². The van der Waals surface area contributed by atoms with Crippen LogP contribution < -0.4 is 10.5 Å². The van der Waals surface area contributed by atoms with Gasteiger partial charge >= 0.3 is 0 Å². The zero-order valence-corrected chi connectivity index (χ0v) is 10.4. The Morgan fingerprint density at radius 3 is 2.62 bits per heavy atom. The molecule has 0 radical (unpaired) electrons. The van der Waals surface area contributed by atoms with Crippen LogP contribution in [0.1, 0.15) is 26.3 Å². The van der Waals surface area contributed by atoms with E-state index >= 15 is 0 Å². The summed E-state index contributed by atoms with van der Waals surface area (Å²) in [5.41, 5.74) is 5.84. The molecule has 1 aromatic heterocycles. The molecule has 0 aliphatic rings. The fourth-order valence-corrected chi connectivity index (χ4v) is 1.29. The summed E-state index contributed by atoms with van der Waals surface area (Å²) in [5.74, 6) is 0.601. The minimum absolute atomic E-state index is 0.00667. The van der Waals surface area contributed by atoms with E-state index in [-0.39, 0.29) is 11.9 Å². The number of hydrogen-bond donors (Lipinski definition) is 2. The molecule has 0 bridgehead atoms. The Labute approximate surface area is 100 Å². The van der Waals surface area contributed by atoms with Crippen molar-refractivity contribution in [3.05, 3.63) is 22.8 Å². The molecule has 0 aromatic carbocycles. The fraction of sp³-hybridized carbons (Fsp3) is 0.455. The maximum atomic E-state index is 7.35. The van der Waals surface area contributed by atoms with E-state index in [1.54, 1.807) is 6.07 Å². The number of nitrogen functional groups attached to an aromatic ring is 1. The van der Waals surface area contributed by atoms with E-state index < -0.39 is 0 Å². The van der Waals surface area contributed by atoms with Crippen LogP contribution in [0.15, 0.2) is 12.3 Å². The third-order valence-electron chi connectivity index (χ3n) is 2.38. The van der Waals surface area contributed by atoms with Crippen molar-refractivity contribution in [2.75, 3.05) is 0 Å². The van der Waals surface area contributed by atoms with Gasteiger partial charge in [0, 0.05) is 11.8 Å². The number of nitrogens with zero attached hydrogens (tertiary/aromatic N) is 1. The molecule has 0 saturated carbocycles. The lowest BCUT2D eigenvalue weighted by molar-refractivity contribution is 0.163. The van der Waals surface area contributed by atoms with Crippen molar-refractivity contribution in [3.8, 4) is 5.88 Å². The maximum absolute atomic E-state index is 7.35. The largest absolute Gasteiger partial charge is 0.473 e. The lowest BCUT2D eigenvalue weighted by Crippen LogP contribution is -2.20. The monoisotopic (exact) mass is 241 g/mol. The third kappa shape index (κ3) is 2.85. The predicted molar refractivity (Wildman–Crippen MR) is 65.2 cm³/mol. The van der Waals surface area contributed by atoms with Crippen molar-refractivity contribution in [2.45, 2.75) is 26.9 Å². The summed E-state index contributed by atoms with van der Waals surface area (Å²) >= 11 is 6.04. The molecule has 4 nitrogen and oxygen atoms in total. The second-order valence-electron chi connectivity index (χ2n) is 3.96. The highest BCUT2D eigenvalue weighted by atomic mass is 35.5. The standard InChI is InChI=1S/C11H16ClN3O/c1-6(2)7(3)16-11-9(12)8(10(13)14)4-5-15-11/h4-7H,1-3H3,(H3,13,14). The molecule has 3 N–H and O–H groups in total. The zero-order chi connectivity index (χ0) is 12.3. The molecule has 1 rings (SSSR count). The van der Waals surface area contributed by atoms with Crippen LogP contribution >= 0.6 is 11.6 Å². The molecule has 0 amide bonds. The first kappa shape index (κ1) is 12.8. The molecule has 0 aliphatic heterocycles. The number of rotatable bonds is 4. The molecule has 1 aromatic rings. The van der Waals surface area contributed by atoms with Gasteiger partial charge in [-0.15, -0.1) is 0 Å². The van der Waals surface area contributed by atoms with Gasteiger partial charge in [-0.25, -0.2) is 4.98 Å². The van der Waals surface area contributed by atoms with E-state index in [1.165, 1.54) is 6.20 Å². The molecule has 16 heavy (non-hydrogen) atoms. The Balaban J connectivity index is 2.98. The van der Waals surface area contributed by atoms with Crippen LogP contribution in [-0.2, 0) is 0 Å². The van der Waals surface area contributed by atoms with Crippen LogP contribution in [0.5, 0.6) is 5.88 Å². The Kier molecular flexibility index (Phi) is 4.12. The highest BCUT2D eigenvalue weighted by Gasteiger charge is 2.15. The number of amidine groups is 1. The lowest BCUT2D eigenvalue weighted by atomic mass is 10.1. The van der Waals surface area contributed by atoms with E-state index in [9.17, 15) is 0 Å². The summed E-state index contributed by atoms with van der Waals surface area (Å²) in [7, 11) is 0. The van der Waals surface area contributed by atoms with Crippen molar-refractivity contribution < 1.29 is 4.74 Å². The number of nitrogens with two attached hydrogens (primary N) is 1. The summed E-state index contributed by atoms with van der Waals surface area (Å²) in [6, 6.07) is 1.59. The van der Waals surface area contributed by atoms with E-state index in [1.807, 2.05) is 20.8 Å². The van der Waals surface area contributed by atoms with Crippen molar-refractivity contribution >= 4 is 17.4 Å². The molecule has 1 atom stereocenters. The predicted octanol–water partition coefficient (Wildman–Crippen LogP) is 2.44. The number of hydrogen-bond acceptors (Lipinski definition) is 3. The fourth-order valence-electron chi connectivity index (χ4n) is 1.03. The molecule has 0 fully saturated rings. The molecule has 88 valence electrons. The minimum atomic E-state index is -0.0885. The van der Waals surface area contributed by atoms with Gasteiger partial charge in [-0.1, -0.05) is 25.4 Å². The number of pyridine rings is 1.